The van der Waals surface area contributed by atoms with Crippen molar-refractivity contribution in [2.24, 2.45) is 12.8 Å². The summed E-state index contributed by atoms with van der Waals surface area (Å²) in [7, 11) is 1.88. The van der Waals surface area contributed by atoms with Crippen molar-refractivity contribution in [3.63, 3.8) is 0 Å². The van der Waals surface area contributed by atoms with E-state index in [1.54, 1.807) is 17.2 Å². The Labute approximate surface area is 171 Å². The predicted octanol–water partition coefficient (Wildman–Crippen LogP) is 1.52. The summed E-state index contributed by atoms with van der Waals surface area (Å²) in [5, 5.41) is 5.22. The van der Waals surface area contributed by atoms with Crippen molar-refractivity contribution in [2.75, 3.05) is 31.1 Å². The number of hydrogen-bond acceptors (Lipinski definition) is 6. The molecule has 8 nitrogen and oxygen atoms in total. The van der Waals surface area contributed by atoms with Crippen LogP contribution in [0.3, 0.4) is 0 Å². The topological polar surface area (TPSA) is 93.2 Å². The van der Waals surface area contributed by atoms with Crippen molar-refractivity contribution in [1.82, 2.24) is 24.6 Å². The number of hydrogen-bond donors (Lipinski definition) is 1. The van der Waals surface area contributed by atoms with Crippen LogP contribution in [0.2, 0.25) is 0 Å². The second-order valence-corrected chi connectivity index (χ2v) is 7.20. The largest absolute Gasteiger partial charge is 0.352 e. The fourth-order valence-corrected chi connectivity index (χ4v) is 4.03. The first-order valence-electron chi connectivity index (χ1n) is 9.04. The van der Waals surface area contributed by atoms with Crippen molar-refractivity contribution >= 4 is 47.6 Å². The van der Waals surface area contributed by atoms with Crippen molar-refractivity contribution in [3.8, 4) is 0 Å². The number of carbonyl (C=O) groups is 1. The predicted molar refractivity (Wildman–Crippen MR) is 110 cm³/mol. The van der Waals surface area contributed by atoms with Gasteiger partial charge in [0.15, 0.2) is 5.65 Å². The molecule has 0 atom stereocenters. The molecule has 10 heteroatoms. The highest BCUT2D eigenvalue weighted by atomic mass is 35.5. The summed E-state index contributed by atoms with van der Waals surface area (Å²) in [4.78, 5) is 25.8. The van der Waals surface area contributed by atoms with E-state index in [0.717, 1.165) is 55.6 Å². The maximum Gasteiger partial charge on any atom is 0.242 e. The van der Waals surface area contributed by atoms with Gasteiger partial charge in [0.25, 0.3) is 0 Å². The van der Waals surface area contributed by atoms with E-state index in [1.165, 1.54) is 6.42 Å². The third-order valence-corrected chi connectivity index (χ3v) is 5.55. The summed E-state index contributed by atoms with van der Waals surface area (Å²) in [6.45, 7) is 2.87. The molecular weight excluding hydrogens is 389 g/mol. The fourth-order valence-electron chi connectivity index (χ4n) is 4.03. The number of aromatic nitrogens is 4. The Morgan fingerprint density at radius 3 is 2.41 bits per heavy atom. The molecule has 1 saturated carbocycles. The van der Waals surface area contributed by atoms with Crippen molar-refractivity contribution < 1.29 is 4.79 Å². The Bertz CT molecular complexity index is 783. The molecule has 2 aromatic rings. The number of fused-ring (bicyclic) bond motifs is 1. The molecular formula is C17H27Cl2N7O. The Kier molecular flexibility index (Phi) is 6.88. The van der Waals surface area contributed by atoms with Crippen LogP contribution < -0.4 is 10.6 Å². The SMILES string of the molecule is Cl.Cl.Cn1ncc2c(N3CCN(C(=O)C4(N)CCCCC4)CC3)ncnc21. The number of carbonyl (C=O) groups excluding carboxylic acids is 1. The molecule has 2 N–H and O–H groups in total. The molecule has 0 unspecified atom stereocenters. The number of anilines is 1. The van der Waals surface area contributed by atoms with Gasteiger partial charge in [-0.3, -0.25) is 9.48 Å². The number of aryl methyl sites for hydroxylation is 1. The van der Waals surface area contributed by atoms with E-state index in [2.05, 4.69) is 20.0 Å². The molecule has 2 aromatic heterocycles. The highest BCUT2D eigenvalue weighted by Gasteiger charge is 2.39. The second kappa shape index (κ2) is 8.58. The van der Waals surface area contributed by atoms with E-state index in [4.69, 9.17) is 5.73 Å². The molecule has 1 amide bonds. The van der Waals surface area contributed by atoms with Gasteiger partial charge in [0, 0.05) is 33.2 Å². The van der Waals surface area contributed by atoms with Gasteiger partial charge < -0.3 is 15.5 Å². The van der Waals surface area contributed by atoms with Crippen LogP contribution in [0.15, 0.2) is 12.5 Å². The lowest BCUT2D eigenvalue weighted by Crippen LogP contribution is -2.60. The molecule has 0 radical (unpaired) electrons. The molecule has 2 fully saturated rings. The molecule has 150 valence electrons. The van der Waals surface area contributed by atoms with Crippen molar-refractivity contribution in [3.05, 3.63) is 12.5 Å². The zero-order chi connectivity index (χ0) is 17.4. The monoisotopic (exact) mass is 415 g/mol. The summed E-state index contributed by atoms with van der Waals surface area (Å²) < 4.78 is 1.75. The van der Waals surface area contributed by atoms with Gasteiger partial charge >= 0.3 is 0 Å². The number of piperazine rings is 1. The van der Waals surface area contributed by atoms with Crippen LogP contribution in [0.25, 0.3) is 11.0 Å². The summed E-state index contributed by atoms with van der Waals surface area (Å²) in [6, 6.07) is 0. The average Bonchev–Trinajstić information content (AvgIpc) is 3.03. The van der Waals surface area contributed by atoms with Gasteiger partial charge in [-0.1, -0.05) is 19.3 Å². The molecule has 0 bridgehead atoms. The lowest BCUT2D eigenvalue weighted by Gasteiger charge is -2.41. The molecule has 1 aliphatic heterocycles. The normalized spacial score (nSPS) is 19.3. The van der Waals surface area contributed by atoms with Crippen LogP contribution in [0.5, 0.6) is 0 Å². The van der Waals surface area contributed by atoms with Crippen LogP contribution in [-0.4, -0.2) is 62.3 Å². The third-order valence-electron chi connectivity index (χ3n) is 5.55. The van der Waals surface area contributed by atoms with Gasteiger partial charge in [0.05, 0.1) is 17.1 Å². The van der Waals surface area contributed by atoms with Gasteiger partial charge in [-0.2, -0.15) is 5.10 Å². The van der Waals surface area contributed by atoms with E-state index in [0.29, 0.717) is 13.1 Å². The van der Waals surface area contributed by atoms with E-state index >= 15 is 0 Å². The summed E-state index contributed by atoms with van der Waals surface area (Å²) in [5.41, 5.74) is 6.60. The standard InChI is InChI=1S/C17H25N7O.2ClH/c1-22-14-13(11-21-22)15(20-12-19-14)23-7-9-24(10-8-23)16(25)17(18)5-3-2-4-6-17;;/h11-12H,2-10,18H2,1H3;2*1H. The lowest BCUT2D eigenvalue weighted by atomic mass is 9.81. The molecule has 3 heterocycles. The van der Waals surface area contributed by atoms with E-state index in [-0.39, 0.29) is 30.7 Å². The minimum Gasteiger partial charge on any atom is -0.352 e. The Morgan fingerprint density at radius 2 is 1.74 bits per heavy atom. The fraction of sp³-hybridized carbons (Fsp3) is 0.647. The van der Waals surface area contributed by atoms with Crippen LogP contribution in [0.1, 0.15) is 32.1 Å². The first kappa shape index (κ1) is 21.7. The quantitative estimate of drug-likeness (QED) is 0.798. The van der Waals surface area contributed by atoms with Crippen LogP contribution in [0, 0.1) is 0 Å². The first-order valence-corrected chi connectivity index (χ1v) is 9.04. The second-order valence-electron chi connectivity index (χ2n) is 7.20. The number of halogens is 2. The highest BCUT2D eigenvalue weighted by Crippen LogP contribution is 2.29. The number of nitrogens with zero attached hydrogens (tertiary/aromatic N) is 6. The van der Waals surface area contributed by atoms with E-state index < -0.39 is 5.54 Å². The van der Waals surface area contributed by atoms with Crippen molar-refractivity contribution in [1.29, 1.82) is 0 Å². The molecule has 1 saturated heterocycles. The van der Waals surface area contributed by atoms with Crippen molar-refractivity contribution in [2.45, 2.75) is 37.6 Å². The zero-order valence-electron chi connectivity index (χ0n) is 15.5. The minimum atomic E-state index is -0.647. The maximum atomic E-state index is 12.9. The van der Waals surface area contributed by atoms with Gasteiger partial charge in [-0.15, -0.1) is 24.8 Å². The molecule has 27 heavy (non-hydrogen) atoms. The summed E-state index contributed by atoms with van der Waals surface area (Å²) >= 11 is 0. The van der Waals surface area contributed by atoms with Gasteiger partial charge in [-0.05, 0) is 12.8 Å². The maximum absolute atomic E-state index is 12.9. The van der Waals surface area contributed by atoms with Gasteiger partial charge in [-0.25, -0.2) is 9.97 Å². The minimum absolute atomic E-state index is 0. The highest BCUT2D eigenvalue weighted by molar-refractivity contribution is 5.88. The summed E-state index contributed by atoms with van der Waals surface area (Å²) in [5.74, 6) is 1.02. The molecule has 2 aliphatic rings. The number of amides is 1. The molecule has 1 aliphatic carbocycles. The smallest absolute Gasteiger partial charge is 0.242 e. The molecule has 0 spiro atoms. The van der Waals surface area contributed by atoms with E-state index in [9.17, 15) is 4.79 Å². The Hall–Kier alpha value is -1.64. The Balaban J connectivity index is 0.00000131. The number of nitrogens with two attached hydrogens (primary N) is 1. The third kappa shape index (κ3) is 3.97. The van der Waals surface area contributed by atoms with Gasteiger partial charge in [0.2, 0.25) is 5.91 Å². The zero-order valence-corrected chi connectivity index (χ0v) is 17.1. The lowest BCUT2D eigenvalue weighted by molar-refractivity contribution is -0.138. The Morgan fingerprint density at radius 1 is 1.07 bits per heavy atom. The van der Waals surface area contributed by atoms with Crippen LogP contribution in [-0.2, 0) is 11.8 Å². The van der Waals surface area contributed by atoms with E-state index in [1.807, 2.05) is 11.9 Å². The summed E-state index contributed by atoms with van der Waals surface area (Å²) in [6.07, 6.45) is 8.31. The van der Waals surface area contributed by atoms with Crippen LogP contribution >= 0.6 is 24.8 Å². The molecule has 4 rings (SSSR count). The number of rotatable bonds is 2. The van der Waals surface area contributed by atoms with Gasteiger partial charge in [0.1, 0.15) is 12.1 Å². The molecule has 0 aromatic carbocycles. The average molecular weight is 416 g/mol. The van der Waals surface area contributed by atoms with Crippen LogP contribution in [0.4, 0.5) is 5.82 Å². The first-order chi connectivity index (χ1) is 12.1.